The molecule has 3 rings (SSSR count). The van der Waals surface area contributed by atoms with E-state index in [1.807, 2.05) is 24.4 Å². The number of rotatable bonds is 2. The van der Waals surface area contributed by atoms with E-state index in [9.17, 15) is 0 Å². The van der Waals surface area contributed by atoms with E-state index in [2.05, 4.69) is 57.0 Å². The standard InChI is InChI=1S/C18H22BNO2/c1-17(2)18(3,4)22-19(21-17)15-11-12-16(20-13-15)14-9-7-5-6-8-10-14/h5-7,9-13H,8H2,1-4H3. The van der Waals surface area contributed by atoms with Gasteiger partial charge in [-0.25, -0.2) is 0 Å². The molecule has 0 amide bonds. The van der Waals surface area contributed by atoms with Crippen LogP contribution in [-0.4, -0.2) is 23.3 Å². The Bertz CT molecular complexity index is 626. The van der Waals surface area contributed by atoms with Crippen LogP contribution in [0.2, 0.25) is 0 Å². The van der Waals surface area contributed by atoms with Crippen molar-refractivity contribution >= 4 is 18.2 Å². The van der Waals surface area contributed by atoms with Gasteiger partial charge in [0.1, 0.15) is 0 Å². The number of allylic oxidation sites excluding steroid dienone is 6. The Labute approximate surface area is 132 Å². The van der Waals surface area contributed by atoms with E-state index >= 15 is 0 Å². The van der Waals surface area contributed by atoms with Crippen molar-refractivity contribution in [2.45, 2.75) is 45.3 Å². The smallest absolute Gasteiger partial charge is 0.399 e. The van der Waals surface area contributed by atoms with Gasteiger partial charge >= 0.3 is 7.12 Å². The van der Waals surface area contributed by atoms with E-state index in [1.165, 1.54) is 0 Å². The molecule has 2 aliphatic rings. The molecule has 0 spiro atoms. The third kappa shape index (κ3) is 2.81. The van der Waals surface area contributed by atoms with Crippen molar-refractivity contribution in [3.8, 4) is 0 Å². The van der Waals surface area contributed by atoms with Gasteiger partial charge in [-0.1, -0.05) is 36.4 Å². The summed E-state index contributed by atoms with van der Waals surface area (Å²) in [6.45, 7) is 8.23. The van der Waals surface area contributed by atoms with Crippen LogP contribution in [-0.2, 0) is 9.31 Å². The van der Waals surface area contributed by atoms with Gasteiger partial charge in [-0.3, -0.25) is 4.98 Å². The second-order valence-corrected chi connectivity index (χ2v) is 6.75. The summed E-state index contributed by atoms with van der Waals surface area (Å²) in [5, 5.41) is 0. The summed E-state index contributed by atoms with van der Waals surface area (Å²) in [6, 6.07) is 4.07. The zero-order chi connectivity index (χ0) is 15.8. The van der Waals surface area contributed by atoms with Gasteiger partial charge in [0.25, 0.3) is 0 Å². The Morgan fingerprint density at radius 1 is 1.05 bits per heavy atom. The highest BCUT2D eigenvalue weighted by Crippen LogP contribution is 2.36. The van der Waals surface area contributed by atoms with Gasteiger partial charge in [-0.05, 0) is 45.8 Å². The van der Waals surface area contributed by atoms with Crippen LogP contribution in [0.25, 0.3) is 5.57 Å². The van der Waals surface area contributed by atoms with Gasteiger partial charge in [0.2, 0.25) is 0 Å². The van der Waals surface area contributed by atoms with Gasteiger partial charge in [0, 0.05) is 11.7 Å². The van der Waals surface area contributed by atoms with Crippen molar-refractivity contribution in [1.82, 2.24) is 4.98 Å². The molecule has 0 N–H and O–H groups in total. The van der Waals surface area contributed by atoms with Crippen LogP contribution in [0.15, 0.2) is 48.7 Å². The molecular formula is C18H22BNO2. The summed E-state index contributed by atoms with van der Waals surface area (Å²) in [7, 11) is -0.355. The first-order valence-electron chi connectivity index (χ1n) is 7.74. The molecule has 0 radical (unpaired) electrons. The van der Waals surface area contributed by atoms with Crippen molar-refractivity contribution in [2.24, 2.45) is 0 Å². The largest absolute Gasteiger partial charge is 0.496 e. The normalized spacial score (nSPS) is 22.5. The minimum Gasteiger partial charge on any atom is -0.399 e. The van der Waals surface area contributed by atoms with E-state index in [0.717, 1.165) is 23.2 Å². The third-order valence-electron chi connectivity index (χ3n) is 4.60. The monoisotopic (exact) mass is 295 g/mol. The lowest BCUT2D eigenvalue weighted by Crippen LogP contribution is -2.41. The maximum atomic E-state index is 6.05. The van der Waals surface area contributed by atoms with Crippen molar-refractivity contribution in [1.29, 1.82) is 0 Å². The van der Waals surface area contributed by atoms with Crippen molar-refractivity contribution in [3.05, 3.63) is 54.4 Å². The zero-order valence-corrected chi connectivity index (χ0v) is 13.7. The first-order chi connectivity index (χ1) is 10.4. The van der Waals surface area contributed by atoms with E-state index in [1.54, 1.807) is 0 Å². The molecule has 1 aliphatic heterocycles. The van der Waals surface area contributed by atoms with Crippen LogP contribution < -0.4 is 5.46 Å². The Hall–Kier alpha value is -1.65. The Morgan fingerprint density at radius 2 is 1.77 bits per heavy atom. The highest BCUT2D eigenvalue weighted by molar-refractivity contribution is 6.62. The zero-order valence-electron chi connectivity index (χ0n) is 13.7. The molecule has 2 heterocycles. The van der Waals surface area contributed by atoms with Crippen molar-refractivity contribution < 1.29 is 9.31 Å². The summed E-state index contributed by atoms with van der Waals surface area (Å²) in [5.74, 6) is 0. The molecule has 114 valence electrons. The summed E-state index contributed by atoms with van der Waals surface area (Å²) in [4.78, 5) is 4.58. The fraction of sp³-hybridized carbons (Fsp3) is 0.389. The van der Waals surface area contributed by atoms with E-state index in [0.29, 0.717) is 0 Å². The highest BCUT2D eigenvalue weighted by Gasteiger charge is 2.51. The lowest BCUT2D eigenvalue weighted by molar-refractivity contribution is 0.00578. The molecule has 1 fully saturated rings. The Balaban J connectivity index is 1.80. The van der Waals surface area contributed by atoms with Gasteiger partial charge in [-0.15, -0.1) is 0 Å². The van der Waals surface area contributed by atoms with Crippen LogP contribution >= 0.6 is 0 Å². The van der Waals surface area contributed by atoms with Gasteiger partial charge < -0.3 is 9.31 Å². The SMILES string of the molecule is CC1(C)OB(c2ccc(C3=CCC=CC=C3)nc2)OC1(C)C. The minimum atomic E-state index is -0.355. The van der Waals surface area contributed by atoms with E-state index < -0.39 is 0 Å². The van der Waals surface area contributed by atoms with Gasteiger partial charge in [0.05, 0.1) is 16.9 Å². The number of pyridine rings is 1. The molecule has 0 saturated carbocycles. The molecule has 4 heteroatoms. The molecule has 1 saturated heterocycles. The molecule has 0 bridgehead atoms. The van der Waals surface area contributed by atoms with Gasteiger partial charge in [-0.2, -0.15) is 0 Å². The Morgan fingerprint density at radius 3 is 2.41 bits per heavy atom. The van der Waals surface area contributed by atoms with E-state index in [4.69, 9.17) is 9.31 Å². The number of hydrogen-bond acceptors (Lipinski definition) is 3. The summed E-state index contributed by atoms with van der Waals surface area (Å²) in [6.07, 6.45) is 13.3. The van der Waals surface area contributed by atoms with Gasteiger partial charge in [0.15, 0.2) is 0 Å². The quantitative estimate of drug-likeness (QED) is 0.785. The molecule has 1 aromatic heterocycles. The molecule has 1 aliphatic carbocycles. The number of hydrogen-bond donors (Lipinski definition) is 0. The highest BCUT2D eigenvalue weighted by atomic mass is 16.7. The van der Waals surface area contributed by atoms with Crippen LogP contribution in [0, 0.1) is 0 Å². The van der Waals surface area contributed by atoms with Crippen LogP contribution in [0.3, 0.4) is 0 Å². The predicted octanol–water partition coefficient (Wildman–Crippen LogP) is 3.28. The first-order valence-corrected chi connectivity index (χ1v) is 7.74. The fourth-order valence-corrected chi connectivity index (χ4v) is 2.46. The minimum absolute atomic E-state index is 0.325. The molecule has 3 nitrogen and oxygen atoms in total. The second kappa shape index (κ2) is 5.52. The average molecular weight is 295 g/mol. The molecule has 0 unspecified atom stereocenters. The Kier molecular flexibility index (Phi) is 3.83. The number of nitrogens with zero attached hydrogens (tertiary/aromatic N) is 1. The second-order valence-electron chi connectivity index (χ2n) is 6.75. The van der Waals surface area contributed by atoms with Crippen LogP contribution in [0.1, 0.15) is 39.8 Å². The lowest BCUT2D eigenvalue weighted by Gasteiger charge is -2.32. The maximum absolute atomic E-state index is 6.05. The summed E-state index contributed by atoms with van der Waals surface area (Å²) >= 11 is 0. The average Bonchev–Trinajstić information content (AvgIpc) is 2.67. The van der Waals surface area contributed by atoms with Crippen LogP contribution in [0.4, 0.5) is 0 Å². The third-order valence-corrected chi connectivity index (χ3v) is 4.60. The lowest BCUT2D eigenvalue weighted by atomic mass is 9.80. The molecule has 1 aromatic rings. The summed E-state index contributed by atoms with van der Waals surface area (Å²) < 4.78 is 12.1. The van der Waals surface area contributed by atoms with Crippen molar-refractivity contribution in [3.63, 3.8) is 0 Å². The van der Waals surface area contributed by atoms with Crippen molar-refractivity contribution in [2.75, 3.05) is 0 Å². The molecular weight excluding hydrogens is 273 g/mol. The van der Waals surface area contributed by atoms with E-state index in [-0.39, 0.29) is 18.3 Å². The topological polar surface area (TPSA) is 31.4 Å². The summed E-state index contributed by atoms with van der Waals surface area (Å²) in [5.41, 5.74) is 2.42. The molecule has 0 aromatic carbocycles. The fourth-order valence-electron chi connectivity index (χ4n) is 2.46. The predicted molar refractivity (Wildman–Crippen MR) is 90.8 cm³/mol. The number of aromatic nitrogens is 1. The van der Waals surface area contributed by atoms with Crippen LogP contribution in [0.5, 0.6) is 0 Å². The molecule has 0 atom stereocenters. The molecule has 22 heavy (non-hydrogen) atoms. The first kappa shape index (κ1) is 15.3. The maximum Gasteiger partial charge on any atom is 0.496 e.